The molecule has 1 amide bonds. The molecular weight excluding hydrogens is 270 g/mol. The molecule has 2 N–H and O–H groups in total. The second kappa shape index (κ2) is 7.78. The van der Waals surface area contributed by atoms with E-state index in [1.165, 1.54) is 12.8 Å². The molecule has 0 atom stereocenters. The van der Waals surface area contributed by atoms with E-state index in [1.54, 1.807) is 0 Å². The lowest BCUT2D eigenvalue weighted by atomic mass is 9.87. The molecule has 120 valence electrons. The monoisotopic (exact) mass is 297 g/mol. The third kappa shape index (κ3) is 5.30. The maximum Gasteiger partial charge on any atom is 0.306 e. The molecule has 0 spiro atoms. The Kier molecular flexibility index (Phi) is 6.03. The van der Waals surface area contributed by atoms with Crippen LogP contribution in [0.2, 0.25) is 0 Å². The molecule has 0 aromatic carbocycles. The summed E-state index contributed by atoms with van der Waals surface area (Å²) in [6.07, 6.45) is 7.34. The fourth-order valence-electron chi connectivity index (χ4n) is 3.34. The van der Waals surface area contributed by atoms with Gasteiger partial charge >= 0.3 is 5.97 Å². The molecule has 2 fully saturated rings. The highest BCUT2D eigenvalue weighted by Gasteiger charge is 2.27. The van der Waals surface area contributed by atoms with Crippen LogP contribution in [0.5, 0.6) is 0 Å². The zero-order valence-electron chi connectivity index (χ0n) is 12.8. The van der Waals surface area contributed by atoms with Crippen molar-refractivity contribution in [3.05, 3.63) is 0 Å². The zero-order chi connectivity index (χ0) is 15.2. The van der Waals surface area contributed by atoms with Crippen LogP contribution in [-0.2, 0) is 14.3 Å². The SMILES string of the molecule is CC1CCC(NC(=O)COC2CCC(C(=O)O)CC2)CC1. The van der Waals surface area contributed by atoms with Crippen molar-refractivity contribution in [2.75, 3.05) is 6.61 Å². The van der Waals surface area contributed by atoms with E-state index in [0.29, 0.717) is 18.9 Å². The van der Waals surface area contributed by atoms with E-state index in [4.69, 9.17) is 9.84 Å². The number of hydrogen-bond donors (Lipinski definition) is 2. The number of hydrogen-bond acceptors (Lipinski definition) is 3. The van der Waals surface area contributed by atoms with Gasteiger partial charge < -0.3 is 15.2 Å². The molecule has 0 bridgehead atoms. The van der Waals surface area contributed by atoms with Crippen molar-refractivity contribution >= 4 is 11.9 Å². The Balaban J connectivity index is 1.60. The van der Waals surface area contributed by atoms with Crippen LogP contribution < -0.4 is 5.32 Å². The average Bonchev–Trinajstić information content (AvgIpc) is 2.48. The van der Waals surface area contributed by atoms with Crippen LogP contribution >= 0.6 is 0 Å². The zero-order valence-corrected chi connectivity index (χ0v) is 12.8. The smallest absolute Gasteiger partial charge is 0.306 e. The fraction of sp³-hybridized carbons (Fsp3) is 0.875. The highest BCUT2D eigenvalue weighted by Crippen LogP contribution is 2.26. The molecule has 0 heterocycles. The third-order valence-electron chi connectivity index (χ3n) is 4.85. The van der Waals surface area contributed by atoms with E-state index in [2.05, 4.69) is 12.2 Å². The van der Waals surface area contributed by atoms with Crippen LogP contribution in [0.4, 0.5) is 0 Å². The Morgan fingerprint density at radius 3 is 2.24 bits per heavy atom. The van der Waals surface area contributed by atoms with Gasteiger partial charge in [0.05, 0.1) is 12.0 Å². The fourth-order valence-corrected chi connectivity index (χ4v) is 3.34. The quantitative estimate of drug-likeness (QED) is 0.816. The Bertz CT molecular complexity index is 355. The van der Waals surface area contributed by atoms with Crippen molar-refractivity contribution in [1.82, 2.24) is 5.32 Å². The highest BCUT2D eigenvalue weighted by molar-refractivity contribution is 5.77. The van der Waals surface area contributed by atoms with Crippen molar-refractivity contribution in [3.63, 3.8) is 0 Å². The Labute approximate surface area is 126 Å². The van der Waals surface area contributed by atoms with Crippen LogP contribution in [0.3, 0.4) is 0 Å². The largest absolute Gasteiger partial charge is 0.481 e. The third-order valence-corrected chi connectivity index (χ3v) is 4.85. The summed E-state index contributed by atoms with van der Waals surface area (Å²) in [5.41, 5.74) is 0. The van der Waals surface area contributed by atoms with Gasteiger partial charge in [-0.15, -0.1) is 0 Å². The molecular formula is C16H27NO4. The molecule has 5 heteroatoms. The first-order valence-corrected chi connectivity index (χ1v) is 8.18. The number of carboxylic acids is 1. The minimum Gasteiger partial charge on any atom is -0.481 e. The van der Waals surface area contributed by atoms with Gasteiger partial charge in [0.25, 0.3) is 0 Å². The van der Waals surface area contributed by atoms with E-state index in [9.17, 15) is 9.59 Å². The number of amides is 1. The second-order valence-electron chi connectivity index (χ2n) is 6.65. The number of carbonyl (C=O) groups is 2. The molecule has 2 rings (SSSR count). The summed E-state index contributed by atoms with van der Waals surface area (Å²) < 4.78 is 5.63. The number of nitrogens with one attached hydrogen (secondary N) is 1. The number of ether oxygens (including phenoxy) is 1. The van der Waals surface area contributed by atoms with Gasteiger partial charge in [0, 0.05) is 6.04 Å². The summed E-state index contributed by atoms with van der Waals surface area (Å²) in [7, 11) is 0. The molecule has 2 aliphatic carbocycles. The lowest BCUT2D eigenvalue weighted by Gasteiger charge is -2.28. The lowest BCUT2D eigenvalue weighted by molar-refractivity contribution is -0.144. The Morgan fingerprint density at radius 1 is 1.05 bits per heavy atom. The van der Waals surface area contributed by atoms with E-state index in [-0.39, 0.29) is 24.5 Å². The number of carbonyl (C=O) groups excluding carboxylic acids is 1. The number of carboxylic acid groups (broad SMARTS) is 1. The first-order valence-electron chi connectivity index (χ1n) is 8.18. The topological polar surface area (TPSA) is 75.6 Å². The maximum atomic E-state index is 11.9. The van der Waals surface area contributed by atoms with Crippen molar-refractivity contribution in [3.8, 4) is 0 Å². The molecule has 21 heavy (non-hydrogen) atoms. The summed E-state index contributed by atoms with van der Waals surface area (Å²) in [5, 5.41) is 12.0. The molecule has 5 nitrogen and oxygen atoms in total. The first-order chi connectivity index (χ1) is 10.0. The van der Waals surface area contributed by atoms with Gasteiger partial charge in [-0.25, -0.2) is 0 Å². The molecule has 2 saturated carbocycles. The number of aliphatic carboxylic acids is 1. The van der Waals surface area contributed by atoms with Crippen LogP contribution in [0.1, 0.15) is 58.3 Å². The predicted molar refractivity (Wildman–Crippen MR) is 78.9 cm³/mol. The molecule has 0 unspecified atom stereocenters. The van der Waals surface area contributed by atoms with E-state index < -0.39 is 5.97 Å². The molecule has 0 aliphatic heterocycles. The van der Waals surface area contributed by atoms with Gasteiger partial charge in [0.1, 0.15) is 6.61 Å². The predicted octanol–water partition coefficient (Wildman–Crippen LogP) is 2.34. The second-order valence-corrected chi connectivity index (χ2v) is 6.65. The van der Waals surface area contributed by atoms with E-state index >= 15 is 0 Å². The Morgan fingerprint density at radius 2 is 1.67 bits per heavy atom. The van der Waals surface area contributed by atoms with E-state index in [1.807, 2.05) is 0 Å². The summed E-state index contributed by atoms with van der Waals surface area (Å²) >= 11 is 0. The molecule has 0 aromatic heterocycles. The van der Waals surface area contributed by atoms with E-state index in [0.717, 1.165) is 31.6 Å². The van der Waals surface area contributed by atoms with Gasteiger partial charge in [0.15, 0.2) is 0 Å². The minimum absolute atomic E-state index is 0.0325. The average molecular weight is 297 g/mol. The van der Waals surface area contributed by atoms with Crippen LogP contribution in [0.15, 0.2) is 0 Å². The van der Waals surface area contributed by atoms with Crippen LogP contribution in [0.25, 0.3) is 0 Å². The van der Waals surface area contributed by atoms with Gasteiger partial charge in [-0.3, -0.25) is 9.59 Å². The summed E-state index contributed by atoms with van der Waals surface area (Å²) in [6.45, 7) is 2.36. The minimum atomic E-state index is -0.710. The van der Waals surface area contributed by atoms with Crippen LogP contribution in [0, 0.1) is 11.8 Å². The van der Waals surface area contributed by atoms with Crippen molar-refractivity contribution in [2.45, 2.75) is 70.4 Å². The summed E-state index contributed by atoms with van der Waals surface area (Å²) in [6, 6.07) is 0.306. The van der Waals surface area contributed by atoms with Crippen molar-refractivity contribution < 1.29 is 19.4 Å². The standard InChI is InChI=1S/C16H27NO4/c1-11-2-6-13(7-3-11)17-15(18)10-21-14-8-4-12(5-9-14)16(19)20/h11-14H,2-10H2,1H3,(H,17,18)(H,19,20). The molecule has 0 radical (unpaired) electrons. The van der Waals surface area contributed by atoms with Gasteiger partial charge in [0.2, 0.25) is 5.91 Å². The normalized spacial score (nSPS) is 33.4. The van der Waals surface area contributed by atoms with Crippen molar-refractivity contribution in [1.29, 1.82) is 0 Å². The Hall–Kier alpha value is -1.10. The van der Waals surface area contributed by atoms with Gasteiger partial charge in [-0.05, 0) is 57.3 Å². The molecule has 0 aromatic rings. The lowest BCUT2D eigenvalue weighted by Crippen LogP contribution is -2.40. The molecule has 2 aliphatic rings. The number of rotatable bonds is 5. The van der Waals surface area contributed by atoms with Crippen LogP contribution in [-0.4, -0.2) is 35.7 Å². The molecule has 0 saturated heterocycles. The maximum absolute atomic E-state index is 11.9. The van der Waals surface area contributed by atoms with Gasteiger partial charge in [-0.1, -0.05) is 6.92 Å². The highest BCUT2D eigenvalue weighted by atomic mass is 16.5. The summed E-state index contributed by atoms with van der Waals surface area (Å²) in [5.74, 6) is -0.200. The van der Waals surface area contributed by atoms with Crippen molar-refractivity contribution in [2.24, 2.45) is 11.8 Å². The van der Waals surface area contributed by atoms with Gasteiger partial charge in [-0.2, -0.15) is 0 Å². The first kappa shape index (κ1) is 16.3. The summed E-state index contributed by atoms with van der Waals surface area (Å²) in [4.78, 5) is 22.7.